The summed E-state index contributed by atoms with van der Waals surface area (Å²) in [5, 5.41) is 6.57. The lowest BCUT2D eigenvalue weighted by Gasteiger charge is -2.25. The van der Waals surface area contributed by atoms with Gasteiger partial charge in [-0.15, -0.1) is 11.3 Å². The number of fused-ring (bicyclic) bond motifs is 1. The molecule has 0 fully saturated rings. The molecular weight excluding hydrogens is 308 g/mol. The second-order valence-electron chi connectivity index (χ2n) is 5.50. The standard InChI is InChI=1S/C17H20N4OS/c1-21(2)15(12-5-4-6-13(9-12)22-3)10-18-16-14-7-8-23-17(14)20-11-19-16/h4-9,11,15H,10H2,1-3H3,(H,18,19,20)/t15-/m0/s1. The lowest BCUT2D eigenvalue weighted by molar-refractivity contribution is 0.310. The Labute approximate surface area is 139 Å². The van der Waals surface area contributed by atoms with E-state index in [1.165, 1.54) is 5.56 Å². The zero-order chi connectivity index (χ0) is 16.2. The van der Waals surface area contributed by atoms with Crippen molar-refractivity contribution in [3.63, 3.8) is 0 Å². The highest BCUT2D eigenvalue weighted by Crippen LogP contribution is 2.26. The third-order valence-electron chi connectivity index (χ3n) is 3.83. The zero-order valence-electron chi connectivity index (χ0n) is 13.5. The Balaban J connectivity index is 1.81. The van der Waals surface area contributed by atoms with E-state index in [-0.39, 0.29) is 6.04 Å². The summed E-state index contributed by atoms with van der Waals surface area (Å²) in [5.41, 5.74) is 1.21. The number of rotatable bonds is 6. The highest BCUT2D eigenvalue weighted by Gasteiger charge is 2.15. The molecule has 0 amide bonds. The van der Waals surface area contributed by atoms with Gasteiger partial charge < -0.3 is 15.0 Å². The first kappa shape index (κ1) is 15.7. The van der Waals surface area contributed by atoms with Crippen LogP contribution in [-0.4, -0.2) is 42.6 Å². The topological polar surface area (TPSA) is 50.3 Å². The molecule has 0 spiro atoms. The van der Waals surface area contributed by atoms with E-state index in [0.29, 0.717) is 0 Å². The first-order valence-electron chi connectivity index (χ1n) is 7.41. The van der Waals surface area contributed by atoms with Gasteiger partial charge in [-0.2, -0.15) is 0 Å². The number of hydrogen-bond acceptors (Lipinski definition) is 6. The predicted molar refractivity (Wildman–Crippen MR) is 95.3 cm³/mol. The van der Waals surface area contributed by atoms with E-state index < -0.39 is 0 Å². The summed E-state index contributed by atoms with van der Waals surface area (Å²) in [5.74, 6) is 1.75. The second kappa shape index (κ2) is 6.93. The van der Waals surface area contributed by atoms with Crippen LogP contribution < -0.4 is 10.1 Å². The Bertz CT molecular complexity index is 787. The van der Waals surface area contributed by atoms with Crippen LogP contribution in [0.2, 0.25) is 0 Å². The molecule has 2 aromatic heterocycles. The number of aromatic nitrogens is 2. The Morgan fingerprint density at radius 1 is 1.26 bits per heavy atom. The number of hydrogen-bond donors (Lipinski definition) is 1. The number of anilines is 1. The molecular formula is C17H20N4OS. The largest absolute Gasteiger partial charge is 0.497 e. The summed E-state index contributed by atoms with van der Waals surface area (Å²) in [6.45, 7) is 0.752. The Morgan fingerprint density at radius 3 is 2.91 bits per heavy atom. The summed E-state index contributed by atoms with van der Waals surface area (Å²) < 4.78 is 5.34. The highest BCUT2D eigenvalue weighted by atomic mass is 32.1. The third kappa shape index (κ3) is 3.43. The van der Waals surface area contributed by atoms with Crippen molar-refractivity contribution in [3.05, 3.63) is 47.6 Å². The van der Waals surface area contributed by atoms with Gasteiger partial charge in [-0.05, 0) is 43.2 Å². The number of ether oxygens (including phenoxy) is 1. The molecule has 5 nitrogen and oxygen atoms in total. The molecule has 0 saturated heterocycles. The second-order valence-corrected chi connectivity index (χ2v) is 6.39. The monoisotopic (exact) mass is 328 g/mol. The van der Waals surface area contributed by atoms with Gasteiger partial charge in [0.25, 0.3) is 0 Å². The maximum Gasteiger partial charge on any atom is 0.138 e. The molecule has 0 aliphatic rings. The minimum Gasteiger partial charge on any atom is -0.497 e. The maximum absolute atomic E-state index is 5.34. The molecule has 6 heteroatoms. The Hall–Kier alpha value is -2.18. The Morgan fingerprint density at radius 2 is 2.13 bits per heavy atom. The zero-order valence-corrected chi connectivity index (χ0v) is 14.3. The minimum absolute atomic E-state index is 0.216. The van der Waals surface area contributed by atoms with Crippen molar-refractivity contribution in [2.75, 3.05) is 33.1 Å². The predicted octanol–water partition coefficient (Wildman–Crippen LogP) is 3.41. The number of thiophene rings is 1. The first-order chi connectivity index (χ1) is 11.2. The lowest BCUT2D eigenvalue weighted by atomic mass is 10.1. The Kier molecular flexibility index (Phi) is 4.73. The van der Waals surface area contributed by atoms with Gasteiger partial charge in [-0.1, -0.05) is 12.1 Å². The van der Waals surface area contributed by atoms with Crippen molar-refractivity contribution in [1.82, 2.24) is 14.9 Å². The van der Waals surface area contributed by atoms with E-state index >= 15 is 0 Å². The van der Waals surface area contributed by atoms with Gasteiger partial charge in [-0.25, -0.2) is 9.97 Å². The minimum atomic E-state index is 0.216. The molecule has 3 rings (SSSR count). The van der Waals surface area contributed by atoms with E-state index in [4.69, 9.17) is 4.74 Å². The molecule has 2 heterocycles. The van der Waals surface area contributed by atoms with Gasteiger partial charge >= 0.3 is 0 Å². The summed E-state index contributed by atoms with van der Waals surface area (Å²) in [6, 6.07) is 10.4. The molecule has 0 unspecified atom stereocenters. The summed E-state index contributed by atoms with van der Waals surface area (Å²) >= 11 is 1.63. The van der Waals surface area contributed by atoms with Crippen molar-refractivity contribution in [3.8, 4) is 5.75 Å². The van der Waals surface area contributed by atoms with Crippen LogP contribution >= 0.6 is 11.3 Å². The van der Waals surface area contributed by atoms with Crippen LogP contribution in [0.15, 0.2) is 42.0 Å². The smallest absolute Gasteiger partial charge is 0.138 e. The summed E-state index contributed by atoms with van der Waals surface area (Å²) in [4.78, 5) is 11.9. The molecule has 0 aliphatic heterocycles. The van der Waals surface area contributed by atoms with Gasteiger partial charge in [-0.3, -0.25) is 0 Å². The van der Waals surface area contributed by atoms with E-state index in [2.05, 4.69) is 52.5 Å². The van der Waals surface area contributed by atoms with Crippen LogP contribution in [0.25, 0.3) is 10.2 Å². The lowest BCUT2D eigenvalue weighted by Crippen LogP contribution is -2.27. The van der Waals surface area contributed by atoms with Crippen molar-refractivity contribution < 1.29 is 4.74 Å². The summed E-state index contributed by atoms with van der Waals surface area (Å²) in [6.07, 6.45) is 1.61. The van der Waals surface area contributed by atoms with Crippen molar-refractivity contribution in [2.45, 2.75) is 6.04 Å². The van der Waals surface area contributed by atoms with Crippen LogP contribution in [0.1, 0.15) is 11.6 Å². The quantitative estimate of drug-likeness (QED) is 0.751. The fourth-order valence-corrected chi connectivity index (χ4v) is 3.30. The van der Waals surface area contributed by atoms with Crippen LogP contribution in [0.4, 0.5) is 5.82 Å². The molecule has 1 N–H and O–H groups in total. The third-order valence-corrected chi connectivity index (χ3v) is 4.65. The maximum atomic E-state index is 5.34. The summed E-state index contributed by atoms with van der Waals surface area (Å²) in [7, 11) is 5.84. The number of benzene rings is 1. The molecule has 0 radical (unpaired) electrons. The molecule has 3 aromatic rings. The number of nitrogens with zero attached hydrogens (tertiary/aromatic N) is 3. The van der Waals surface area contributed by atoms with Crippen molar-refractivity contribution in [2.24, 2.45) is 0 Å². The molecule has 23 heavy (non-hydrogen) atoms. The highest BCUT2D eigenvalue weighted by molar-refractivity contribution is 7.16. The van der Waals surface area contributed by atoms with E-state index in [0.717, 1.165) is 28.3 Å². The van der Waals surface area contributed by atoms with Gasteiger partial charge in [0, 0.05) is 6.54 Å². The van der Waals surface area contributed by atoms with Crippen LogP contribution in [-0.2, 0) is 0 Å². The van der Waals surface area contributed by atoms with Gasteiger partial charge in [0.15, 0.2) is 0 Å². The fourth-order valence-electron chi connectivity index (χ4n) is 2.57. The van der Waals surface area contributed by atoms with E-state index in [1.54, 1.807) is 24.8 Å². The van der Waals surface area contributed by atoms with Crippen LogP contribution in [0, 0.1) is 0 Å². The molecule has 0 bridgehead atoms. The van der Waals surface area contributed by atoms with Crippen molar-refractivity contribution in [1.29, 1.82) is 0 Å². The average molecular weight is 328 g/mol. The van der Waals surface area contributed by atoms with Gasteiger partial charge in [0.1, 0.15) is 22.7 Å². The molecule has 0 saturated carbocycles. The van der Waals surface area contributed by atoms with Crippen LogP contribution in [0.3, 0.4) is 0 Å². The number of methoxy groups -OCH3 is 1. The molecule has 0 aliphatic carbocycles. The fraction of sp³-hybridized carbons (Fsp3) is 0.294. The number of nitrogens with one attached hydrogen (secondary N) is 1. The normalized spacial score (nSPS) is 12.5. The SMILES string of the molecule is COc1cccc([C@H](CNc2ncnc3sccc23)N(C)C)c1. The van der Waals surface area contributed by atoms with E-state index in [9.17, 15) is 0 Å². The molecule has 1 aromatic carbocycles. The van der Waals surface area contributed by atoms with Gasteiger partial charge in [0.2, 0.25) is 0 Å². The molecule has 120 valence electrons. The van der Waals surface area contributed by atoms with E-state index in [1.807, 2.05) is 17.5 Å². The first-order valence-corrected chi connectivity index (χ1v) is 8.29. The molecule has 1 atom stereocenters. The van der Waals surface area contributed by atoms with Crippen molar-refractivity contribution >= 4 is 27.4 Å². The average Bonchev–Trinajstić information content (AvgIpc) is 3.04. The van der Waals surface area contributed by atoms with Crippen LogP contribution in [0.5, 0.6) is 5.75 Å². The van der Waals surface area contributed by atoms with Gasteiger partial charge in [0.05, 0.1) is 18.5 Å². The number of likely N-dealkylation sites (N-methyl/N-ethyl adjacent to an activating group) is 1.